The summed E-state index contributed by atoms with van der Waals surface area (Å²) in [5.74, 6) is 0.671. The standard InChI is InChI=1S/C8H9OS.Na/c9-6-7-10-8-4-2-1-3-5-8;/h1-5H,6-7H2;/q-1;+1. The Labute approximate surface area is 93.5 Å². The molecule has 0 atom stereocenters. The van der Waals surface area contributed by atoms with Crippen molar-refractivity contribution in [1.29, 1.82) is 0 Å². The van der Waals surface area contributed by atoms with Crippen LogP contribution in [0.15, 0.2) is 35.2 Å². The van der Waals surface area contributed by atoms with Gasteiger partial charge in [0.05, 0.1) is 0 Å². The van der Waals surface area contributed by atoms with Crippen molar-refractivity contribution in [3.05, 3.63) is 30.3 Å². The van der Waals surface area contributed by atoms with Crippen molar-refractivity contribution in [2.45, 2.75) is 4.90 Å². The second kappa shape index (κ2) is 7.19. The molecule has 3 heteroatoms. The van der Waals surface area contributed by atoms with Crippen molar-refractivity contribution >= 4 is 11.8 Å². The van der Waals surface area contributed by atoms with Gasteiger partial charge < -0.3 is 5.11 Å². The van der Waals surface area contributed by atoms with Gasteiger partial charge in [0.15, 0.2) is 0 Å². The molecule has 0 heterocycles. The van der Waals surface area contributed by atoms with Crippen LogP contribution in [0, 0.1) is 0 Å². The first kappa shape index (κ1) is 11.5. The minimum absolute atomic E-state index is 0. The van der Waals surface area contributed by atoms with Gasteiger partial charge in [-0.2, -0.15) is 0 Å². The van der Waals surface area contributed by atoms with Crippen LogP contribution < -0.4 is 34.7 Å². The van der Waals surface area contributed by atoms with Gasteiger partial charge in [0.2, 0.25) is 0 Å². The molecule has 0 aromatic heterocycles. The second-order valence-electron chi connectivity index (χ2n) is 1.87. The van der Waals surface area contributed by atoms with Crippen molar-refractivity contribution in [1.82, 2.24) is 0 Å². The first-order chi connectivity index (χ1) is 4.93. The molecule has 0 radical (unpaired) electrons. The Kier molecular flexibility index (Phi) is 7.54. The van der Waals surface area contributed by atoms with Crippen molar-refractivity contribution in [3.63, 3.8) is 0 Å². The minimum Gasteiger partial charge on any atom is -0.854 e. The van der Waals surface area contributed by atoms with Gasteiger partial charge in [0.1, 0.15) is 0 Å². The minimum atomic E-state index is -0.000436. The maximum Gasteiger partial charge on any atom is 1.00 e. The normalized spacial score (nSPS) is 8.82. The molecule has 0 spiro atoms. The molecule has 0 amide bonds. The molecule has 54 valence electrons. The smallest absolute Gasteiger partial charge is 0.854 e. The van der Waals surface area contributed by atoms with Crippen LogP contribution in [0.25, 0.3) is 0 Å². The summed E-state index contributed by atoms with van der Waals surface area (Å²) in [5, 5.41) is 10.1. The molecule has 1 aromatic rings. The molecule has 0 aliphatic carbocycles. The van der Waals surface area contributed by atoms with E-state index in [1.807, 2.05) is 30.3 Å². The summed E-state index contributed by atoms with van der Waals surface area (Å²) in [6, 6.07) is 9.96. The Morgan fingerprint density at radius 3 is 2.36 bits per heavy atom. The van der Waals surface area contributed by atoms with Gasteiger partial charge >= 0.3 is 29.6 Å². The average molecular weight is 176 g/mol. The zero-order valence-corrected chi connectivity index (χ0v) is 9.43. The van der Waals surface area contributed by atoms with Gasteiger partial charge in [0, 0.05) is 4.90 Å². The molecule has 0 saturated carbocycles. The van der Waals surface area contributed by atoms with E-state index < -0.39 is 0 Å². The van der Waals surface area contributed by atoms with E-state index >= 15 is 0 Å². The number of hydrogen-bond donors (Lipinski definition) is 0. The van der Waals surface area contributed by atoms with Crippen LogP contribution in [0.3, 0.4) is 0 Å². The third-order valence-corrected chi connectivity index (χ3v) is 2.07. The molecule has 0 N–H and O–H groups in total. The van der Waals surface area contributed by atoms with Crippen LogP contribution in [-0.2, 0) is 0 Å². The Morgan fingerprint density at radius 2 is 1.82 bits per heavy atom. The fourth-order valence-corrected chi connectivity index (χ4v) is 1.34. The SMILES string of the molecule is [Na+].[O-]CCSc1ccccc1. The van der Waals surface area contributed by atoms with Crippen LogP contribution in [0.4, 0.5) is 0 Å². The van der Waals surface area contributed by atoms with Gasteiger partial charge in [-0.1, -0.05) is 18.2 Å². The average Bonchev–Trinajstić information content (AvgIpc) is 2.03. The summed E-state index contributed by atoms with van der Waals surface area (Å²) in [7, 11) is 0. The zero-order chi connectivity index (χ0) is 7.23. The number of hydrogen-bond acceptors (Lipinski definition) is 2. The fourth-order valence-electron chi connectivity index (χ4n) is 0.676. The molecule has 0 bridgehead atoms. The summed E-state index contributed by atoms with van der Waals surface area (Å²) in [4.78, 5) is 1.18. The van der Waals surface area contributed by atoms with Crippen molar-refractivity contribution in [3.8, 4) is 0 Å². The number of benzene rings is 1. The van der Waals surface area contributed by atoms with E-state index in [1.54, 1.807) is 11.8 Å². The first-order valence-corrected chi connectivity index (χ1v) is 4.18. The van der Waals surface area contributed by atoms with E-state index in [2.05, 4.69) is 0 Å². The maximum absolute atomic E-state index is 10.1. The largest absolute Gasteiger partial charge is 1.00 e. The molecule has 1 aromatic carbocycles. The van der Waals surface area contributed by atoms with Crippen molar-refractivity contribution < 1.29 is 34.7 Å². The fraction of sp³-hybridized carbons (Fsp3) is 0.250. The Morgan fingerprint density at radius 1 is 1.18 bits per heavy atom. The van der Waals surface area contributed by atoms with E-state index in [1.165, 1.54) is 4.90 Å². The third kappa shape index (κ3) is 4.88. The van der Waals surface area contributed by atoms with Crippen LogP contribution in [0.2, 0.25) is 0 Å². The summed E-state index contributed by atoms with van der Waals surface area (Å²) in [6.45, 7) is -0.000436. The molecule has 0 saturated heterocycles. The zero-order valence-electron chi connectivity index (χ0n) is 6.62. The third-order valence-electron chi connectivity index (χ3n) is 1.10. The Bertz CT molecular complexity index is 179. The molecule has 1 nitrogen and oxygen atoms in total. The van der Waals surface area contributed by atoms with Gasteiger partial charge in [-0.15, -0.1) is 18.4 Å². The Hall–Kier alpha value is 0.530. The van der Waals surface area contributed by atoms with E-state index in [0.717, 1.165) is 0 Å². The monoisotopic (exact) mass is 176 g/mol. The van der Waals surface area contributed by atoms with E-state index in [0.29, 0.717) is 5.75 Å². The molecular formula is C8H9NaOS. The first-order valence-electron chi connectivity index (χ1n) is 3.19. The van der Waals surface area contributed by atoms with Gasteiger partial charge in [-0.25, -0.2) is 0 Å². The van der Waals surface area contributed by atoms with Gasteiger partial charge in [0.25, 0.3) is 0 Å². The predicted octanol–water partition coefficient (Wildman–Crippen LogP) is -1.86. The number of thioether (sulfide) groups is 1. The quantitative estimate of drug-likeness (QED) is 0.398. The van der Waals surface area contributed by atoms with Crippen LogP contribution in [0.5, 0.6) is 0 Å². The topological polar surface area (TPSA) is 23.1 Å². The van der Waals surface area contributed by atoms with Crippen LogP contribution in [-0.4, -0.2) is 12.4 Å². The molecule has 0 aliphatic rings. The summed E-state index contributed by atoms with van der Waals surface area (Å²) in [5.41, 5.74) is 0. The van der Waals surface area contributed by atoms with E-state index in [9.17, 15) is 5.11 Å². The van der Waals surface area contributed by atoms with Crippen LogP contribution in [0.1, 0.15) is 0 Å². The summed E-state index contributed by atoms with van der Waals surface area (Å²) >= 11 is 1.61. The maximum atomic E-state index is 10.1. The molecular weight excluding hydrogens is 167 g/mol. The van der Waals surface area contributed by atoms with Gasteiger partial charge in [-0.05, 0) is 17.9 Å². The van der Waals surface area contributed by atoms with Crippen molar-refractivity contribution in [2.24, 2.45) is 0 Å². The summed E-state index contributed by atoms with van der Waals surface area (Å²) < 4.78 is 0. The second-order valence-corrected chi connectivity index (χ2v) is 3.03. The Balaban J connectivity index is 0.000001000. The van der Waals surface area contributed by atoms with E-state index in [4.69, 9.17) is 0 Å². The molecule has 11 heavy (non-hydrogen) atoms. The molecule has 0 unspecified atom stereocenters. The summed E-state index contributed by atoms with van der Waals surface area (Å²) in [6.07, 6.45) is 0. The van der Waals surface area contributed by atoms with E-state index in [-0.39, 0.29) is 36.2 Å². The van der Waals surface area contributed by atoms with Crippen molar-refractivity contribution in [2.75, 3.05) is 12.4 Å². The predicted molar refractivity (Wildman–Crippen MR) is 42.0 cm³/mol. The molecule has 0 fully saturated rings. The number of rotatable bonds is 3. The van der Waals surface area contributed by atoms with Crippen LogP contribution >= 0.6 is 11.8 Å². The molecule has 1 rings (SSSR count). The molecule has 0 aliphatic heterocycles. The van der Waals surface area contributed by atoms with Gasteiger partial charge in [-0.3, -0.25) is 0 Å².